The van der Waals surface area contributed by atoms with Gasteiger partial charge >= 0.3 is 6.03 Å². The third kappa shape index (κ3) is 3.82. The van der Waals surface area contributed by atoms with E-state index in [4.69, 9.17) is 4.74 Å². The molecule has 2 amide bonds. The van der Waals surface area contributed by atoms with Crippen LogP contribution in [-0.4, -0.2) is 13.1 Å². The fourth-order valence-electron chi connectivity index (χ4n) is 1.89. The Morgan fingerprint density at radius 3 is 2.80 bits per heavy atom. The third-order valence-electron chi connectivity index (χ3n) is 2.88. The SMILES string of the molecule is COCc1ccccc1NC(=O)N[C@@H](C)c1cccs1. The van der Waals surface area contributed by atoms with E-state index in [1.54, 1.807) is 18.4 Å². The number of ether oxygens (including phenoxy) is 1. The molecule has 20 heavy (non-hydrogen) atoms. The Hall–Kier alpha value is -1.85. The van der Waals surface area contributed by atoms with Gasteiger partial charge in [0.15, 0.2) is 0 Å². The fourth-order valence-corrected chi connectivity index (χ4v) is 2.62. The van der Waals surface area contributed by atoms with E-state index < -0.39 is 0 Å². The molecule has 2 N–H and O–H groups in total. The molecule has 0 fully saturated rings. The Balaban J connectivity index is 1.98. The number of hydrogen-bond acceptors (Lipinski definition) is 3. The number of thiophene rings is 1. The number of para-hydroxylation sites is 1. The van der Waals surface area contributed by atoms with Gasteiger partial charge in [0, 0.05) is 23.2 Å². The smallest absolute Gasteiger partial charge is 0.319 e. The number of urea groups is 1. The summed E-state index contributed by atoms with van der Waals surface area (Å²) in [6.45, 7) is 2.43. The number of anilines is 1. The predicted octanol–water partition coefficient (Wildman–Crippen LogP) is 3.78. The summed E-state index contributed by atoms with van der Waals surface area (Å²) in [7, 11) is 1.63. The van der Waals surface area contributed by atoms with E-state index in [2.05, 4.69) is 10.6 Å². The van der Waals surface area contributed by atoms with Crippen molar-refractivity contribution in [1.29, 1.82) is 0 Å². The molecular formula is C15H18N2O2S. The van der Waals surface area contributed by atoms with Crippen molar-refractivity contribution in [2.24, 2.45) is 0 Å². The van der Waals surface area contributed by atoms with Gasteiger partial charge in [0.25, 0.3) is 0 Å². The molecule has 5 heteroatoms. The lowest BCUT2D eigenvalue weighted by Crippen LogP contribution is -2.31. The first-order chi connectivity index (χ1) is 9.70. The number of carbonyl (C=O) groups is 1. The summed E-state index contributed by atoms with van der Waals surface area (Å²) in [5.41, 5.74) is 1.72. The van der Waals surface area contributed by atoms with E-state index in [1.165, 1.54) is 0 Å². The van der Waals surface area contributed by atoms with Crippen LogP contribution in [0.2, 0.25) is 0 Å². The molecule has 0 saturated heterocycles. The monoisotopic (exact) mass is 290 g/mol. The molecule has 106 valence electrons. The summed E-state index contributed by atoms with van der Waals surface area (Å²) in [6.07, 6.45) is 0. The molecule has 4 nitrogen and oxygen atoms in total. The van der Waals surface area contributed by atoms with Crippen LogP contribution in [0.4, 0.5) is 10.5 Å². The van der Waals surface area contributed by atoms with Crippen molar-refractivity contribution in [3.8, 4) is 0 Å². The Bertz CT molecular complexity index is 555. The minimum atomic E-state index is -0.213. The highest BCUT2D eigenvalue weighted by Crippen LogP contribution is 2.19. The minimum absolute atomic E-state index is 0.00964. The molecule has 1 atom stereocenters. The van der Waals surface area contributed by atoms with E-state index in [9.17, 15) is 4.79 Å². The van der Waals surface area contributed by atoms with Crippen LogP contribution in [0.25, 0.3) is 0 Å². The number of methoxy groups -OCH3 is 1. The molecule has 1 heterocycles. The van der Waals surface area contributed by atoms with Gasteiger partial charge in [-0.05, 0) is 24.4 Å². The highest BCUT2D eigenvalue weighted by Gasteiger charge is 2.11. The molecule has 0 bridgehead atoms. The average molecular weight is 290 g/mol. The second-order valence-corrected chi connectivity index (χ2v) is 5.41. The van der Waals surface area contributed by atoms with Crippen molar-refractivity contribution in [3.63, 3.8) is 0 Å². The lowest BCUT2D eigenvalue weighted by Gasteiger charge is -2.15. The summed E-state index contributed by atoms with van der Waals surface area (Å²) < 4.78 is 5.12. The van der Waals surface area contributed by atoms with E-state index in [1.807, 2.05) is 48.7 Å². The van der Waals surface area contributed by atoms with Gasteiger partial charge in [-0.25, -0.2) is 4.79 Å². The van der Waals surface area contributed by atoms with E-state index in [0.29, 0.717) is 6.61 Å². The average Bonchev–Trinajstić information content (AvgIpc) is 2.95. The first-order valence-corrected chi connectivity index (χ1v) is 7.26. The molecule has 0 aliphatic carbocycles. The van der Waals surface area contributed by atoms with Gasteiger partial charge < -0.3 is 15.4 Å². The van der Waals surface area contributed by atoms with Crippen LogP contribution in [0.15, 0.2) is 41.8 Å². The predicted molar refractivity (Wildman–Crippen MR) is 82.0 cm³/mol. The van der Waals surface area contributed by atoms with Crippen molar-refractivity contribution < 1.29 is 9.53 Å². The van der Waals surface area contributed by atoms with Crippen LogP contribution < -0.4 is 10.6 Å². The Morgan fingerprint density at radius 2 is 2.10 bits per heavy atom. The Labute approximate surface area is 122 Å². The van der Waals surface area contributed by atoms with Crippen molar-refractivity contribution in [2.45, 2.75) is 19.6 Å². The van der Waals surface area contributed by atoms with Crippen molar-refractivity contribution in [3.05, 3.63) is 52.2 Å². The zero-order valence-corrected chi connectivity index (χ0v) is 12.4. The number of rotatable bonds is 5. The van der Waals surface area contributed by atoms with Gasteiger partial charge in [0.1, 0.15) is 0 Å². The summed E-state index contributed by atoms with van der Waals surface area (Å²) in [6, 6.07) is 11.4. The second kappa shape index (κ2) is 7.07. The van der Waals surface area contributed by atoms with E-state index >= 15 is 0 Å². The number of amides is 2. The van der Waals surface area contributed by atoms with Gasteiger partial charge in [-0.15, -0.1) is 11.3 Å². The molecule has 1 aromatic heterocycles. The summed E-state index contributed by atoms with van der Waals surface area (Å²) in [5, 5.41) is 7.78. The van der Waals surface area contributed by atoms with Crippen LogP contribution in [0.1, 0.15) is 23.4 Å². The molecule has 1 aromatic carbocycles. The summed E-state index contributed by atoms with van der Waals surface area (Å²) >= 11 is 1.63. The van der Waals surface area contributed by atoms with Crippen LogP contribution in [0, 0.1) is 0 Å². The zero-order valence-electron chi connectivity index (χ0n) is 11.6. The van der Waals surface area contributed by atoms with Crippen LogP contribution in [0.3, 0.4) is 0 Å². The number of nitrogens with one attached hydrogen (secondary N) is 2. The van der Waals surface area contributed by atoms with Gasteiger partial charge in [-0.2, -0.15) is 0 Å². The maximum atomic E-state index is 12.0. The maximum Gasteiger partial charge on any atom is 0.319 e. The molecule has 0 radical (unpaired) electrons. The van der Waals surface area contributed by atoms with Crippen LogP contribution in [0.5, 0.6) is 0 Å². The van der Waals surface area contributed by atoms with E-state index in [-0.39, 0.29) is 12.1 Å². The Morgan fingerprint density at radius 1 is 1.30 bits per heavy atom. The minimum Gasteiger partial charge on any atom is -0.380 e. The maximum absolute atomic E-state index is 12.0. The standard InChI is InChI=1S/C15H18N2O2S/c1-11(14-8-5-9-20-14)16-15(18)17-13-7-4-3-6-12(13)10-19-2/h3-9,11H,10H2,1-2H3,(H2,16,17,18)/t11-/m0/s1. The highest BCUT2D eigenvalue weighted by molar-refractivity contribution is 7.10. The van der Waals surface area contributed by atoms with Gasteiger partial charge in [-0.3, -0.25) is 0 Å². The first kappa shape index (κ1) is 14.6. The second-order valence-electron chi connectivity index (χ2n) is 4.43. The lowest BCUT2D eigenvalue weighted by atomic mass is 10.2. The van der Waals surface area contributed by atoms with Crippen LogP contribution >= 0.6 is 11.3 Å². The lowest BCUT2D eigenvalue weighted by molar-refractivity contribution is 0.185. The molecule has 2 aromatic rings. The van der Waals surface area contributed by atoms with E-state index in [0.717, 1.165) is 16.1 Å². The molecule has 0 aliphatic rings. The number of benzene rings is 1. The summed E-state index contributed by atoms with van der Waals surface area (Å²) in [5.74, 6) is 0. The number of carbonyl (C=O) groups excluding carboxylic acids is 1. The van der Waals surface area contributed by atoms with Crippen molar-refractivity contribution in [2.75, 3.05) is 12.4 Å². The van der Waals surface area contributed by atoms with Gasteiger partial charge in [0.2, 0.25) is 0 Å². The fraction of sp³-hybridized carbons (Fsp3) is 0.267. The topological polar surface area (TPSA) is 50.4 Å². The van der Waals surface area contributed by atoms with Crippen molar-refractivity contribution >= 4 is 23.1 Å². The molecule has 2 rings (SSSR count). The van der Waals surface area contributed by atoms with Gasteiger partial charge in [0.05, 0.1) is 12.6 Å². The highest BCUT2D eigenvalue weighted by atomic mass is 32.1. The largest absolute Gasteiger partial charge is 0.380 e. The van der Waals surface area contributed by atoms with Gasteiger partial charge in [-0.1, -0.05) is 24.3 Å². The zero-order chi connectivity index (χ0) is 14.4. The third-order valence-corrected chi connectivity index (χ3v) is 3.94. The molecule has 0 spiro atoms. The summed E-state index contributed by atoms with van der Waals surface area (Å²) in [4.78, 5) is 13.1. The normalized spacial score (nSPS) is 11.9. The quantitative estimate of drug-likeness (QED) is 0.880. The van der Waals surface area contributed by atoms with Crippen molar-refractivity contribution in [1.82, 2.24) is 5.32 Å². The number of hydrogen-bond donors (Lipinski definition) is 2. The van der Waals surface area contributed by atoms with Crippen LogP contribution in [-0.2, 0) is 11.3 Å². The molecule has 0 aliphatic heterocycles. The Kier molecular flexibility index (Phi) is 5.15. The molecule has 0 unspecified atom stereocenters. The molecular weight excluding hydrogens is 272 g/mol. The first-order valence-electron chi connectivity index (χ1n) is 6.38. The molecule has 0 saturated carbocycles.